The summed E-state index contributed by atoms with van der Waals surface area (Å²) in [7, 11) is 0. The first kappa shape index (κ1) is 16.0. The summed E-state index contributed by atoms with van der Waals surface area (Å²) < 4.78 is 1.74. The lowest BCUT2D eigenvalue weighted by atomic mass is 9.86. The van der Waals surface area contributed by atoms with E-state index in [9.17, 15) is 14.9 Å². The molecule has 1 aliphatic heterocycles. The third-order valence-electron chi connectivity index (χ3n) is 4.61. The van der Waals surface area contributed by atoms with Crippen LogP contribution in [0.2, 0.25) is 0 Å². The van der Waals surface area contributed by atoms with Gasteiger partial charge in [-0.05, 0) is 24.6 Å². The summed E-state index contributed by atoms with van der Waals surface area (Å²) in [4.78, 5) is 22.8. The number of nitro benzene ring substituents is 1. The van der Waals surface area contributed by atoms with Crippen LogP contribution in [0.25, 0.3) is 5.69 Å². The van der Waals surface area contributed by atoms with Crippen LogP contribution in [0.15, 0.2) is 54.6 Å². The van der Waals surface area contributed by atoms with Gasteiger partial charge in [-0.25, -0.2) is 4.68 Å². The monoisotopic (exact) mass is 348 g/mol. The number of fused-ring (bicyclic) bond motifs is 1. The van der Waals surface area contributed by atoms with E-state index in [4.69, 9.17) is 0 Å². The normalized spacial score (nSPS) is 16.0. The van der Waals surface area contributed by atoms with Crippen molar-refractivity contribution < 1.29 is 9.72 Å². The standard InChI is InChI=1S/C19H16N4O3/c1-12-18-16(13-7-9-15(10-8-13)23(25)26)11-17(24)20-19(18)22(21-12)14-5-3-2-4-6-14/h2-10,16H,11H2,1H3,(H,20,24)/t16-/m1/s1. The van der Waals surface area contributed by atoms with Crippen molar-refractivity contribution >= 4 is 17.4 Å². The number of amides is 1. The summed E-state index contributed by atoms with van der Waals surface area (Å²) in [5.41, 5.74) is 3.53. The van der Waals surface area contributed by atoms with Crippen LogP contribution in [0.4, 0.5) is 11.5 Å². The number of para-hydroxylation sites is 1. The molecule has 3 aromatic rings. The first-order chi connectivity index (χ1) is 12.5. The van der Waals surface area contributed by atoms with E-state index in [0.29, 0.717) is 5.82 Å². The number of aryl methyl sites for hydroxylation is 1. The molecule has 7 heteroatoms. The minimum absolute atomic E-state index is 0.0333. The van der Waals surface area contributed by atoms with E-state index in [-0.39, 0.29) is 23.9 Å². The van der Waals surface area contributed by atoms with Crippen molar-refractivity contribution in [2.75, 3.05) is 5.32 Å². The van der Waals surface area contributed by atoms with Crippen molar-refractivity contribution in [2.45, 2.75) is 19.3 Å². The summed E-state index contributed by atoms with van der Waals surface area (Å²) in [6.07, 6.45) is 0.284. The second-order valence-electron chi connectivity index (χ2n) is 6.25. The zero-order valence-electron chi connectivity index (χ0n) is 14.0. The van der Waals surface area contributed by atoms with E-state index in [0.717, 1.165) is 22.5 Å². The van der Waals surface area contributed by atoms with E-state index in [1.807, 2.05) is 37.3 Å². The molecule has 0 saturated heterocycles. The summed E-state index contributed by atoms with van der Waals surface area (Å²) in [5.74, 6) is 0.378. The SMILES string of the molecule is Cc1nn(-c2ccccc2)c2c1[C@@H](c1ccc([N+](=O)[O-])cc1)CC(=O)N2. The van der Waals surface area contributed by atoms with Crippen molar-refractivity contribution in [1.82, 2.24) is 9.78 Å². The Balaban J connectivity index is 1.82. The number of rotatable bonds is 3. The highest BCUT2D eigenvalue weighted by Crippen LogP contribution is 2.40. The maximum absolute atomic E-state index is 12.3. The summed E-state index contributed by atoms with van der Waals surface area (Å²) in [6, 6.07) is 16.0. The highest BCUT2D eigenvalue weighted by atomic mass is 16.6. The van der Waals surface area contributed by atoms with Crippen molar-refractivity contribution in [3.63, 3.8) is 0 Å². The predicted octanol–water partition coefficient (Wildman–Crippen LogP) is 3.56. The Morgan fingerprint density at radius 1 is 1.15 bits per heavy atom. The molecule has 0 bridgehead atoms. The van der Waals surface area contributed by atoms with Crippen molar-refractivity contribution in [2.24, 2.45) is 0 Å². The number of hydrogen-bond acceptors (Lipinski definition) is 4. The highest BCUT2D eigenvalue weighted by Gasteiger charge is 2.32. The molecule has 2 aromatic carbocycles. The van der Waals surface area contributed by atoms with Crippen molar-refractivity contribution in [3.05, 3.63) is 81.5 Å². The van der Waals surface area contributed by atoms with Gasteiger partial charge in [-0.1, -0.05) is 30.3 Å². The molecule has 1 N–H and O–H groups in total. The van der Waals surface area contributed by atoms with Gasteiger partial charge in [0.1, 0.15) is 5.82 Å². The molecule has 7 nitrogen and oxygen atoms in total. The molecular weight excluding hydrogens is 332 g/mol. The first-order valence-electron chi connectivity index (χ1n) is 8.23. The van der Waals surface area contributed by atoms with E-state index in [2.05, 4.69) is 10.4 Å². The molecule has 1 aromatic heterocycles. The summed E-state index contributed by atoms with van der Waals surface area (Å²) >= 11 is 0. The first-order valence-corrected chi connectivity index (χ1v) is 8.23. The number of nitrogens with zero attached hydrogens (tertiary/aromatic N) is 3. The maximum Gasteiger partial charge on any atom is 0.269 e. The number of carbonyl (C=O) groups excluding carboxylic acids is 1. The number of benzene rings is 2. The van der Waals surface area contributed by atoms with Gasteiger partial charge in [0.25, 0.3) is 5.69 Å². The fourth-order valence-electron chi connectivity index (χ4n) is 3.42. The predicted molar refractivity (Wildman–Crippen MR) is 96.5 cm³/mol. The highest BCUT2D eigenvalue weighted by molar-refractivity contribution is 5.95. The lowest BCUT2D eigenvalue weighted by molar-refractivity contribution is -0.384. The molecular formula is C19H16N4O3. The second-order valence-corrected chi connectivity index (χ2v) is 6.25. The van der Waals surface area contributed by atoms with Crippen LogP contribution in [0, 0.1) is 17.0 Å². The second kappa shape index (κ2) is 6.11. The Labute approximate surface area is 149 Å². The third-order valence-corrected chi connectivity index (χ3v) is 4.61. The third kappa shape index (κ3) is 2.63. The van der Waals surface area contributed by atoms with Gasteiger partial charge in [0.15, 0.2) is 0 Å². The molecule has 0 unspecified atom stereocenters. The number of nitrogens with one attached hydrogen (secondary N) is 1. The van der Waals surface area contributed by atoms with Gasteiger partial charge in [0.05, 0.1) is 16.3 Å². The van der Waals surface area contributed by atoms with Gasteiger partial charge in [-0.3, -0.25) is 14.9 Å². The minimum atomic E-state index is -0.429. The van der Waals surface area contributed by atoms with Gasteiger partial charge >= 0.3 is 0 Å². The van der Waals surface area contributed by atoms with E-state index < -0.39 is 4.92 Å². The molecule has 0 spiro atoms. The van der Waals surface area contributed by atoms with E-state index >= 15 is 0 Å². The molecule has 1 amide bonds. The fourth-order valence-corrected chi connectivity index (χ4v) is 3.42. The lowest BCUT2D eigenvalue weighted by Crippen LogP contribution is -2.24. The van der Waals surface area contributed by atoms with E-state index in [1.165, 1.54) is 12.1 Å². The zero-order valence-corrected chi connectivity index (χ0v) is 14.0. The average Bonchev–Trinajstić information content (AvgIpc) is 2.98. The molecule has 1 atom stereocenters. The molecule has 0 saturated carbocycles. The largest absolute Gasteiger partial charge is 0.310 e. The Morgan fingerprint density at radius 2 is 1.85 bits per heavy atom. The van der Waals surface area contributed by atoms with E-state index in [1.54, 1.807) is 16.8 Å². The van der Waals surface area contributed by atoms with Gasteiger partial charge in [0, 0.05) is 30.0 Å². The van der Waals surface area contributed by atoms with Crippen LogP contribution >= 0.6 is 0 Å². The molecule has 130 valence electrons. The number of anilines is 1. The van der Waals surface area contributed by atoms with Crippen LogP contribution in [0.3, 0.4) is 0 Å². The molecule has 26 heavy (non-hydrogen) atoms. The Hall–Kier alpha value is -3.48. The zero-order chi connectivity index (χ0) is 18.3. The topological polar surface area (TPSA) is 90.1 Å². The fraction of sp³-hybridized carbons (Fsp3) is 0.158. The number of nitro groups is 1. The lowest BCUT2D eigenvalue weighted by Gasteiger charge is -2.24. The molecule has 4 rings (SSSR count). The molecule has 1 aliphatic rings. The van der Waals surface area contributed by atoms with Crippen LogP contribution in [0.5, 0.6) is 0 Å². The number of hydrogen-bond donors (Lipinski definition) is 1. The average molecular weight is 348 g/mol. The van der Waals surface area contributed by atoms with Crippen molar-refractivity contribution in [1.29, 1.82) is 0 Å². The minimum Gasteiger partial charge on any atom is -0.310 e. The van der Waals surface area contributed by atoms with Crippen LogP contribution in [-0.4, -0.2) is 20.6 Å². The Bertz CT molecular complexity index is 994. The van der Waals surface area contributed by atoms with Gasteiger partial charge in [-0.2, -0.15) is 5.10 Å². The summed E-state index contributed by atoms with van der Waals surface area (Å²) in [6.45, 7) is 1.91. The van der Waals surface area contributed by atoms with Crippen molar-refractivity contribution in [3.8, 4) is 5.69 Å². The number of carbonyl (C=O) groups is 1. The smallest absolute Gasteiger partial charge is 0.269 e. The maximum atomic E-state index is 12.3. The molecule has 2 heterocycles. The number of non-ortho nitro benzene ring substituents is 1. The van der Waals surface area contributed by atoms with Crippen LogP contribution in [-0.2, 0) is 4.79 Å². The van der Waals surface area contributed by atoms with Gasteiger partial charge in [0.2, 0.25) is 5.91 Å². The number of aromatic nitrogens is 2. The molecule has 0 radical (unpaired) electrons. The molecule has 0 aliphatic carbocycles. The Morgan fingerprint density at radius 3 is 2.50 bits per heavy atom. The molecule has 0 fully saturated rings. The van der Waals surface area contributed by atoms with Gasteiger partial charge in [-0.15, -0.1) is 0 Å². The Kier molecular flexibility index (Phi) is 3.76. The summed E-state index contributed by atoms with van der Waals surface area (Å²) in [5, 5.41) is 18.4. The van der Waals surface area contributed by atoms with Crippen LogP contribution < -0.4 is 5.32 Å². The van der Waals surface area contributed by atoms with Crippen LogP contribution in [0.1, 0.15) is 29.2 Å². The van der Waals surface area contributed by atoms with Gasteiger partial charge < -0.3 is 5.32 Å². The quantitative estimate of drug-likeness (QED) is 0.579.